The molecule has 0 aromatic carbocycles. The van der Waals surface area contributed by atoms with Gasteiger partial charge in [0.05, 0.1) is 0 Å². The predicted molar refractivity (Wildman–Crippen MR) is 85.9 cm³/mol. The minimum absolute atomic E-state index is 0.0675. The van der Waals surface area contributed by atoms with Gasteiger partial charge in [-0.05, 0) is 39.0 Å². The monoisotopic (exact) mass is 296 g/mol. The molecule has 21 heavy (non-hydrogen) atoms. The Kier molecular flexibility index (Phi) is 7.76. The van der Waals surface area contributed by atoms with Gasteiger partial charge in [0.15, 0.2) is 0 Å². The van der Waals surface area contributed by atoms with E-state index in [2.05, 4.69) is 19.2 Å². The Bertz CT molecular complexity index is 332. The second kappa shape index (κ2) is 9.06. The molecule has 0 bridgehead atoms. The molecule has 1 fully saturated rings. The quantitative estimate of drug-likeness (QED) is 0.785. The third-order valence-corrected chi connectivity index (χ3v) is 4.37. The normalized spacial score (nSPS) is 17.6. The average Bonchev–Trinajstić information content (AvgIpc) is 2.48. The highest BCUT2D eigenvalue weighted by Crippen LogP contribution is 2.24. The van der Waals surface area contributed by atoms with Crippen molar-refractivity contribution in [1.82, 2.24) is 10.2 Å². The van der Waals surface area contributed by atoms with E-state index in [0.717, 1.165) is 25.7 Å². The highest BCUT2D eigenvalue weighted by Gasteiger charge is 2.28. The number of rotatable bonds is 7. The molecule has 0 aromatic rings. The summed E-state index contributed by atoms with van der Waals surface area (Å²) in [6, 6.07) is -0.362. The molecule has 0 saturated heterocycles. The summed E-state index contributed by atoms with van der Waals surface area (Å²) < 4.78 is 0. The lowest BCUT2D eigenvalue weighted by Crippen LogP contribution is -2.50. The molecule has 1 atom stereocenters. The molecule has 1 rings (SSSR count). The lowest BCUT2D eigenvalue weighted by atomic mass is 9.88. The first-order chi connectivity index (χ1) is 9.99. The van der Waals surface area contributed by atoms with Crippen LogP contribution in [0.5, 0.6) is 0 Å². The van der Waals surface area contributed by atoms with Gasteiger partial charge in [0, 0.05) is 19.0 Å². The van der Waals surface area contributed by atoms with E-state index in [0.29, 0.717) is 25.4 Å². The van der Waals surface area contributed by atoms with Gasteiger partial charge in [0.25, 0.3) is 0 Å². The van der Waals surface area contributed by atoms with Crippen molar-refractivity contribution in [3.05, 3.63) is 0 Å². The van der Waals surface area contributed by atoms with Gasteiger partial charge in [-0.3, -0.25) is 9.59 Å². The Hall–Kier alpha value is -1.06. The van der Waals surface area contributed by atoms with Crippen LogP contribution in [0.4, 0.5) is 0 Å². The number of amides is 2. The Morgan fingerprint density at radius 1 is 1.10 bits per heavy atom. The molecule has 4 nitrogen and oxygen atoms in total. The third kappa shape index (κ3) is 5.68. The van der Waals surface area contributed by atoms with Crippen LogP contribution in [0.1, 0.15) is 66.2 Å². The van der Waals surface area contributed by atoms with Gasteiger partial charge in [-0.1, -0.05) is 33.1 Å². The van der Waals surface area contributed by atoms with Gasteiger partial charge in [-0.2, -0.15) is 0 Å². The Balaban J connectivity index is 2.68. The minimum Gasteiger partial charge on any atom is -0.344 e. The zero-order valence-electron chi connectivity index (χ0n) is 14.2. The van der Waals surface area contributed by atoms with Gasteiger partial charge in [0.2, 0.25) is 11.8 Å². The van der Waals surface area contributed by atoms with Crippen LogP contribution in [0.3, 0.4) is 0 Å². The first-order valence-electron chi connectivity index (χ1n) is 8.58. The van der Waals surface area contributed by atoms with Gasteiger partial charge in [-0.15, -0.1) is 0 Å². The average molecular weight is 296 g/mol. The predicted octanol–water partition coefficient (Wildman–Crippen LogP) is 2.97. The fourth-order valence-corrected chi connectivity index (χ4v) is 3.10. The topological polar surface area (TPSA) is 49.4 Å². The second-order valence-electron chi connectivity index (χ2n) is 6.54. The molecule has 0 aliphatic heterocycles. The van der Waals surface area contributed by atoms with Crippen molar-refractivity contribution < 1.29 is 9.59 Å². The zero-order chi connectivity index (χ0) is 15.8. The molecule has 0 radical (unpaired) electrons. The molecule has 2 amide bonds. The zero-order valence-corrected chi connectivity index (χ0v) is 14.2. The molecular formula is C17H32N2O2. The first-order valence-corrected chi connectivity index (χ1v) is 8.58. The van der Waals surface area contributed by atoms with E-state index >= 15 is 0 Å². The van der Waals surface area contributed by atoms with Crippen molar-refractivity contribution in [2.45, 2.75) is 72.3 Å². The third-order valence-electron chi connectivity index (χ3n) is 4.37. The van der Waals surface area contributed by atoms with E-state index in [1.807, 2.05) is 18.7 Å². The molecule has 0 unspecified atom stereocenters. The van der Waals surface area contributed by atoms with Crippen molar-refractivity contribution in [2.24, 2.45) is 11.8 Å². The second-order valence-corrected chi connectivity index (χ2v) is 6.54. The van der Waals surface area contributed by atoms with E-state index in [1.165, 1.54) is 6.42 Å². The Labute approximate surface area is 129 Å². The van der Waals surface area contributed by atoms with Crippen LogP contribution in [0.2, 0.25) is 0 Å². The maximum atomic E-state index is 12.6. The van der Waals surface area contributed by atoms with Crippen molar-refractivity contribution in [3.8, 4) is 0 Å². The van der Waals surface area contributed by atoms with E-state index in [-0.39, 0.29) is 23.8 Å². The molecule has 0 aromatic heterocycles. The van der Waals surface area contributed by atoms with Crippen LogP contribution < -0.4 is 5.32 Å². The van der Waals surface area contributed by atoms with E-state index < -0.39 is 0 Å². The molecule has 0 heterocycles. The van der Waals surface area contributed by atoms with E-state index in [4.69, 9.17) is 0 Å². The largest absolute Gasteiger partial charge is 0.344 e. The summed E-state index contributed by atoms with van der Waals surface area (Å²) in [6.07, 6.45) is 6.17. The lowest BCUT2D eigenvalue weighted by molar-refractivity contribution is -0.138. The first kappa shape index (κ1) is 18.0. The number of likely N-dealkylation sites (N-methyl/N-ethyl adjacent to an activating group) is 1. The number of carbonyl (C=O) groups excluding carboxylic acids is 2. The van der Waals surface area contributed by atoms with Crippen LogP contribution in [-0.4, -0.2) is 35.8 Å². The van der Waals surface area contributed by atoms with E-state index in [1.54, 1.807) is 0 Å². The standard InChI is InChI=1S/C17H32N2O2/c1-5-19(6-2)17(21)15(12-13(3)4)18-16(20)14-10-8-7-9-11-14/h13-15H,5-12H2,1-4H3,(H,18,20)/t15-/m0/s1. The van der Waals surface area contributed by atoms with Crippen molar-refractivity contribution in [1.29, 1.82) is 0 Å². The molecule has 1 N–H and O–H groups in total. The van der Waals surface area contributed by atoms with Crippen LogP contribution >= 0.6 is 0 Å². The summed E-state index contributed by atoms with van der Waals surface area (Å²) in [6.45, 7) is 9.55. The maximum absolute atomic E-state index is 12.6. The van der Waals surface area contributed by atoms with Gasteiger partial charge in [0.1, 0.15) is 6.04 Å². The Morgan fingerprint density at radius 3 is 2.14 bits per heavy atom. The van der Waals surface area contributed by atoms with E-state index in [9.17, 15) is 9.59 Å². The Morgan fingerprint density at radius 2 is 1.67 bits per heavy atom. The summed E-state index contributed by atoms with van der Waals surface area (Å²) in [5.74, 6) is 0.651. The maximum Gasteiger partial charge on any atom is 0.245 e. The summed E-state index contributed by atoms with van der Waals surface area (Å²) in [5, 5.41) is 3.04. The van der Waals surface area contributed by atoms with Gasteiger partial charge in [-0.25, -0.2) is 0 Å². The summed E-state index contributed by atoms with van der Waals surface area (Å²) >= 11 is 0. The van der Waals surface area contributed by atoms with Crippen molar-refractivity contribution in [2.75, 3.05) is 13.1 Å². The molecule has 122 valence electrons. The van der Waals surface area contributed by atoms with Crippen molar-refractivity contribution >= 4 is 11.8 Å². The fraction of sp³-hybridized carbons (Fsp3) is 0.882. The van der Waals surface area contributed by atoms with Crippen LogP contribution in [0, 0.1) is 11.8 Å². The minimum atomic E-state index is -0.362. The molecule has 1 aliphatic rings. The fourth-order valence-electron chi connectivity index (χ4n) is 3.10. The number of nitrogens with zero attached hydrogens (tertiary/aromatic N) is 1. The molecule has 4 heteroatoms. The highest BCUT2D eigenvalue weighted by atomic mass is 16.2. The molecule has 1 saturated carbocycles. The molecule has 0 spiro atoms. The lowest BCUT2D eigenvalue weighted by Gasteiger charge is -2.29. The molecular weight excluding hydrogens is 264 g/mol. The summed E-state index contributed by atoms with van der Waals surface area (Å²) in [7, 11) is 0. The smallest absolute Gasteiger partial charge is 0.245 e. The number of carbonyl (C=O) groups is 2. The molecule has 1 aliphatic carbocycles. The van der Waals surface area contributed by atoms with Gasteiger partial charge < -0.3 is 10.2 Å². The van der Waals surface area contributed by atoms with Gasteiger partial charge >= 0.3 is 0 Å². The summed E-state index contributed by atoms with van der Waals surface area (Å²) in [4.78, 5) is 26.8. The van der Waals surface area contributed by atoms with Crippen LogP contribution in [-0.2, 0) is 9.59 Å². The SMILES string of the molecule is CCN(CC)C(=O)[C@H](CC(C)C)NC(=O)C1CCCCC1. The van der Waals surface area contributed by atoms with Crippen LogP contribution in [0.15, 0.2) is 0 Å². The summed E-state index contributed by atoms with van der Waals surface area (Å²) in [5.41, 5.74) is 0. The number of hydrogen-bond donors (Lipinski definition) is 1. The number of hydrogen-bond acceptors (Lipinski definition) is 2. The highest BCUT2D eigenvalue weighted by molar-refractivity contribution is 5.88. The van der Waals surface area contributed by atoms with Crippen LogP contribution in [0.25, 0.3) is 0 Å². The van der Waals surface area contributed by atoms with Crippen molar-refractivity contribution in [3.63, 3.8) is 0 Å². The number of nitrogens with one attached hydrogen (secondary N) is 1.